The van der Waals surface area contributed by atoms with E-state index in [0.717, 1.165) is 6.42 Å². The Morgan fingerprint density at radius 1 is 1.64 bits per heavy atom. The van der Waals surface area contributed by atoms with Crippen LogP contribution in [0.25, 0.3) is 0 Å². The van der Waals surface area contributed by atoms with Crippen LogP contribution in [-0.4, -0.2) is 25.7 Å². The standard InChI is InChI=1S/C6H11F2NO2/c1-2-3-9-6(10)11-4-5(7)8/h5H,2-4H2,1H3,(H,9,10). The summed E-state index contributed by atoms with van der Waals surface area (Å²) in [6.45, 7) is 1.46. The lowest BCUT2D eigenvalue weighted by atomic mass is 10.5. The Balaban J connectivity index is 3.23. The molecule has 0 saturated heterocycles. The maximum Gasteiger partial charge on any atom is 0.407 e. The van der Waals surface area contributed by atoms with E-state index in [1.807, 2.05) is 6.92 Å². The molecule has 66 valence electrons. The molecule has 0 aliphatic heterocycles. The number of rotatable bonds is 4. The van der Waals surface area contributed by atoms with E-state index in [2.05, 4.69) is 10.1 Å². The van der Waals surface area contributed by atoms with Crippen molar-refractivity contribution in [3.8, 4) is 0 Å². The molecule has 1 amide bonds. The van der Waals surface area contributed by atoms with Crippen molar-refractivity contribution < 1.29 is 18.3 Å². The van der Waals surface area contributed by atoms with Crippen LogP contribution < -0.4 is 5.32 Å². The van der Waals surface area contributed by atoms with E-state index in [1.54, 1.807) is 0 Å². The van der Waals surface area contributed by atoms with Crippen molar-refractivity contribution in [2.75, 3.05) is 13.2 Å². The zero-order valence-corrected chi connectivity index (χ0v) is 6.27. The van der Waals surface area contributed by atoms with Gasteiger partial charge in [0.15, 0.2) is 6.61 Å². The number of nitrogens with one attached hydrogen (secondary N) is 1. The Morgan fingerprint density at radius 2 is 2.27 bits per heavy atom. The second-order valence-electron chi connectivity index (χ2n) is 1.92. The SMILES string of the molecule is CCCNC(=O)OCC(F)F. The van der Waals surface area contributed by atoms with E-state index in [-0.39, 0.29) is 0 Å². The Hall–Kier alpha value is -0.870. The Bertz CT molecular complexity index is 119. The Kier molecular flexibility index (Phi) is 5.42. The topological polar surface area (TPSA) is 38.3 Å². The highest BCUT2D eigenvalue weighted by molar-refractivity contribution is 5.66. The maximum atomic E-state index is 11.4. The van der Waals surface area contributed by atoms with Crippen molar-refractivity contribution in [3.63, 3.8) is 0 Å². The monoisotopic (exact) mass is 167 g/mol. The van der Waals surface area contributed by atoms with Gasteiger partial charge in [-0.25, -0.2) is 13.6 Å². The molecule has 0 aromatic rings. The molecular formula is C6H11F2NO2. The highest BCUT2D eigenvalue weighted by Gasteiger charge is 2.06. The van der Waals surface area contributed by atoms with Gasteiger partial charge in [-0.2, -0.15) is 0 Å². The third-order valence-electron chi connectivity index (χ3n) is 0.860. The quantitative estimate of drug-likeness (QED) is 0.687. The number of ether oxygens (including phenoxy) is 1. The van der Waals surface area contributed by atoms with Crippen LogP contribution >= 0.6 is 0 Å². The van der Waals surface area contributed by atoms with Gasteiger partial charge in [-0.05, 0) is 6.42 Å². The fourth-order valence-corrected chi connectivity index (χ4v) is 0.417. The van der Waals surface area contributed by atoms with Gasteiger partial charge in [0, 0.05) is 6.54 Å². The maximum absolute atomic E-state index is 11.4. The summed E-state index contributed by atoms with van der Waals surface area (Å²) < 4.78 is 26.9. The van der Waals surface area contributed by atoms with Crippen LogP contribution in [0.5, 0.6) is 0 Å². The lowest BCUT2D eigenvalue weighted by Gasteiger charge is -2.04. The van der Waals surface area contributed by atoms with Crippen LogP contribution in [0, 0.1) is 0 Å². The van der Waals surface area contributed by atoms with Gasteiger partial charge in [0.2, 0.25) is 0 Å². The van der Waals surface area contributed by atoms with E-state index in [9.17, 15) is 13.6 Å². The summed E-state index contributed by atoms with van der Waals surface area (Å²) in [6, 6.07) is 0. The average Bonchev–Trinajstić information content (AvgIpc) is 1.97. The largest absolute Gasteiger partial charge is 0.443 e. The minimum atomic E-state index is -2.60. The number of carbonyl (C=O) groups excluding carboxylic acids is 1. The van der Waals surface area contributed by atoms with Gasteiger partial charge < -0.3 is 10.1 Å². The summed E-state index contributed by atoms with van der Waals surface area (Å²) in [7, 11) is 0. The number of hydrogen-bond donors (Lipinski definition) is 1. The first-order chi connectivity index (χ1) is 5.16. The van der Waals surface area contributed by atoms with Crippen LogP contribution in [0.4, 0.5) is 13.6 Å². The van der Waals surface area contributed by atoms with Crippen LogP contribution in [0.3, 0.4) is 0 Å². The van der Waals surface area contributed by atoms with Crippen molar-refractivity contribution >= 4 is 6.09 Å². The van der Waals surface area contributed by atoms with E-state index >= 15 is 0 Å². The molecule has 0 aliphatic carbocycles. The van der Waals surface area contributed by atoms with Crippen LogP contribution in [0.15, 0.2) is 0 Å². The summed E-state index contributed by atoms with van der Waals surface area (Å²) in [5.41, 5.74) is 0. The highest BCUT2D eigenvalue weighted by atomic mass is 19.3. The molecule has 0 atom stereocenters. The molecule has 0 rings (SSSR count). The Morgan fingerprint density at radius 3 is 2.73 bits per heavy atom. The van der Waals surface area contributed by atoms with Crippen molar-refractivity contribution in [2.24, 2.45) is 0 Å². The van der Waals surface area contributed by atoms with Crippen molar-refractivity contribution in [2.45, 2.75) is 19.8 Å². The minimum absolute atomic E-state index is 0.446. The number of carbonyl (C=O) groups is 1. The molecule has 0 aromatic carbocycles. The summed E-state index contributed by atoms with van der Waals surface area (Å²) in [5, 5.41) is 2.29. The molecule has 0 heterocycles. The number of hydrogen-bond acceptors (Lipinski definition) is 2. The molecule has 0 spiro atoms. The summed E-state index contributed by atoms with van der Waals surface area (Å²) in [4.78, 5) is 10.4. The van der Waals surface area contributed by atoms with Gasteiger partial charge in [0.1, 0.15) is 0 Å². The first-order valence-electron chi connectivity index (χ1n) is 3.35. The lowest BCUT2D eigenvalue weighted by molar-refractivity contribution is 0.0490. The lowest BCUT2D eigenvalue weighted by Crippen LogP contribution is -2.26. The van der Waals surface area contributed by atoms with Gasteiger partial charge in [-0.15, -0.1) is 0 Å². The van der Waals surface area contributed by atoms with Crippen molar-refractivity contribution in [1.29, 1.82) is 0 Å². The molecule has 3 nitrogen and oxygen atoms in total. The summed E-state index contributed by atoms with van der Waals surface area (Å²) in [5.74, 6) is 0. The molecule has 0 aromatic heterocycles. The minimum Gasteiger partial charge on any atom is -0.443 e. The molecule has 0 aliphatic rings. The second-order valence-corrected chi connectivity index (χ2v) is 1.92. The molecule has 1 N–H and O–H groups in total. The molecule has 0 fully saturated rings. The third kappa shape index (κ3) is 7.02. The van der Waals surface area contributed by atoms with E-state index in [0.29, 0.717) is 6.54 Å². The molecule has 0 saturated carbocycles. The van der Waals surface area contributed by atoms with Gasteiger partial charge >= 0.3 is 6.09 Å². The van der Waals surface area contributed by atoms with Gasteiger partial charge in [0.05, 0.1) is 0 Å². The molecular weight excluding hydrogens is 156 g/mol. The number of alkyl halides is 2. The Labute approximate surface area is 63.7 Å². The molecule has 11 heavy (non-hydrogen) atoms. The predicted octanol–water partition coefficient (Wildman–Crippen LogP) is 1.39. The van der Waals surface area contributed by atoms with Gasteiger partial charge in [0.25, 0.3) is 6.43 Å². The van der Waals surface area contributed by atoms with Crippen molar-refractivity contribution in [3.05, 3.63) is 0 Å². The molecule has 0 unspecified atom stereocenters. The summed E-state index contributed by atoms with van der Waals surface area (Å²) >= 11 is 0. The zero-order valence-electron chi connectivity index (χ0n) is 6.27. The number of amides is 1. The van der Waals surface area contributed by atoms with E-state index in [4.69, 9.17) is 0 Å². The first kappa shape index (κ1) is 10.1. The fourth-order valence-electron chi connectivity index (χ4n) is 0.417. The predicted molar refractivity (Wildman–Crippen MR) is 35.6 cm³/mol. The highest BCUT2D eigenvalue weighted by Crippen LogP contribution is 1.92. The van der Waals surface area contributed by atoms with Crippen LogP contribution in [0.1, 0.15) is 13.3 Å². The number of halogens is 2. The van der Waals surface area contributed by atoms with E-state index in [1.165, 1.54) is 0 Å². The molecule has 5 heteroatoms. The van der Waals surface area contributed by atoms with Crippen molar-refractivity contribution in [1.82, 2.24) is 5.32 Å². The fraction of sp³-hybridized carbons (Fsp3) is 0.833. The zero-order chi connectivity index (χ0) is 8.69. The van der Waals surface area contributed by atoms with Gasteiger partial charge in [-0.3, -0.25) is 0 Å². The first-order valence-corrected chi connectivity index (χ1v) is 3.35. The van der Waals surface area contributed by atoms with Crippen LogP contribution in [-0.2, 0) is 4.74 Å². The second kappa shape index (κ2) is 5.88. The third-order valence-corrected chi connectivity index (χ3v) is 0.860. The summed E-state index contributed by atoms with van der Waals surface area (Å²) in [6.07, 6.45) is -2.63. The smallest absolute Gasteiger partial charge is 0.407 e. The molecule has 0 radical (unpaired) electrons. The van der Waals surface area contributed by atoms with Gasteiger partial charge in [-0.1, -0.05) is 6.92 Å². The van der Waals surface area contributed by atoms with E-state index < -0.39 is 19.1 Å². The number of alkyl carbamates (subject to hydrolysis) is 1. The molecule has 0 bridgehead atoms. The van der Waals surface area contributed by atoms with Crippen LogP contribution in [0.2, 0.25) is 0 Å². The normalized spacial score (nSPS) is 9.82. The average molecular weight is 167 g/mol.